The average molecular weight is 334 g/mol. The number of hydrogen-bond acceptors (Lipinski definition) is 2. The summed E-state index contributed by atoms with van der Waals surface area (Å²) < 4.78 is 31.1. The van der Waals surface area contributed by atoms with Crippen LogP contribution in [-0.2, 0) is 6.54 Å². The Morgan fingerprint density at radius 2 is 1.88 bits per heavy atom. The van der Waals surface area contributed by atoms with Crippen LogP contribution in [0.5, 0.6) is 5.75 Å². The number of carbonyl (C=O) groups excluding carboxylic acids is 1. The topological polar surface area (TPSA) is 41.6 Å². The average Bonchev–Trinajstić information content (AvgIpc) is 2.60. The molecule has 0 saturated carbocycles. The van der Waals surface area contributed by atoms with Gasteiger partial charge in [-0.2, -0.15) is 0 Å². The maximum Gasteiger partial charge on any atom is 0.317 e. The van der Waals surface area contributed by atoms with Gasteiger partial charge in [0.2, 0.25) is 0 Å². The summed E-state index contributed by atoms with van der Waals surface area (Å²) in [5.74, 6) is -1.66. The van der Waals surface area contributed by atoms with Gasteiger partial charge in [0.15, 0.2) is 11.6 Å². The molecule has 0 radical (unpaired) electrons. The number of ether oxygens (including phenoxy) is 1. The summed E-state index contributed by atoms with van der Waals surface area (Å²) in [7, 11) is 0. The molecule has 128 valence electrons. The normalized spacial score (nSPS) is 10.3. The first-order valence-corrected chi connectivity index (χ1v) is 7.74. The summed E-state index contributed by atoms with van der Waals surface area (Å²) in [5.41, 5.74) is 1.05. The van der Waals surface area contributed by atoms with Gasteiger partial charge >= 0.3 is 6.03 Å². The van der Waals surface area contributed by atoms with E-state index < -0.39 is 11.6 Å². The maximum atomic E-state index is 13.0. The van der Waals surface area contributed by atoms with Gasteiger partial charge in [0.25, 0.3) is 0 Å². The molecule has 2 aromatic carbocycles. The molecular formula is C18H20F2N2O2. The highest BCUT2D eigenvalue weighted by atomic mass is 19.2. The van der Waals surface area contributed by atoms with Crippen LogP contribution >= 0.6 is 0 Å². The van der Waals surface area contributed by atoms with E-state index in [0.29, 0.717) is 13.1 Å². The van der Waals surface area contributed by atoms with Gasteiger partial charge in [0, 0.05) is 19.2 Å². The van der Waals surface area contributed by atoms with Crippen molar-refractivity contribution in [2.24, 2.45) is 0 Å². The van der Waals surface area contributed by atoms with E-state index in [0.717, 1.165) is 17.7 Å². The molecule has 0 unspecified atom stereocenters. The van der Waals surface area contributed by atoms with Gasteiger partial charge in [-0.15, -0.1) is 0 Å². The van der Waals surface area contributed by atoms with Crippen LogP contribution < -0.4 is 10.1 Å². The van der Waals surface area contributed by atoms with Gasteiger partial charge in [-0.3, -0.25) is 0 Å². The lowest BCUT2D eigenvalue weighted by atomic mass is 10.2. The summed E-state index contributed by atoms with van der Waals surface area (Å²) in [6.45, 7) is 3.43. The molecule has 0 bridgehead atoms. The van der Waals surface area contributed by atoms with Crippen molar-refractivity contribution in [3.05, 3.63) is 65.7 Å². The van der Waals surface area contributed by atoms with Crippen molar-refractivity contribution in [2.45, 2.75) is 13.5 Å². The molecule has 0 aliphatic rings. The fraction of sp³-hybridized carbons (Fsp3) is 0.278. The highest BCUT2D eigenvalue weighted by Gasteiger charge is 2.11. The maximum absolute atomic E-state index is 13.0. The van der Waals surface area contributed by atoms with Crippen molar-refractivity contribution < 1.29 is 18.3 Å². The predicted molar refractivity (Wildman–Crippen MR) is 87.8 cm³/mol. The highest BCUT2D eigenvalue weighted by Crippen LogP contribution is 2.15. The van der Waals surface area contributed by atoms with E-state index in [2.05, 4.69) is 5.32 Å². The lowest BCUT2D eigenvalue weighted by Crippen LogP contribution is -2.41. The van der Waals surface area contributed by atoms with Crippen LogP contribution in [0.15, 0.2) is 48.5 Å². The molecule has 0 aliphatic carbocycles. The smallest absolute Gasteiger partial charge is 0.317 e. The number of amides is 2. The summed E-state index contributed by atoms with van der Waals surface area (Å²) in [6.07, 6.45) is 0. The van der Waals surface area contributed by atoms with E-state index in [1.54, 1.807) is 4.90 Å². The van der Waals surface area contributed by atoms with Gasteiger partial charge in [-0.1, -0.05) is 30.3 Å². The van der Waals surface area contributed by atoms with Crippen molar-refractivity contribution in [3.63, 3.8) is 0 Å². The van der Waals surface area contributed by atoms with E-state index in [9.17, 15) is 13.6 Å². The molecule has 0 atom stereocenters. The summed E-state index contributed by atoms with van der Waals surface area (Å²) >= 11 is 0. The zero-order chi connectivity index (χ0) is 17.4. The first kappa shape index (κ1) is 17.7. The van der Waals surface area contributed by atoms with Crippen LogP contribution in [0.3, 0.4) is 0 Å². The van der Waals surface area contributed by atoms with Crippen LogP contribution in [0.1, 0.15) is 12.5 Å². The molecule has 2 aromatic rings. The van der Waals surface area contributed by atoms with E-state index in [4.69, 9.17) is 4.74 Å². The minimum absolute atomic E-state index is 0.166. The van der Waals surface area contributed by atoms with Crippen LogP contribution in [0.25, 0.3) is 0 Å². The quantitative estimate of drug-likeness (QED) is 0.787. The van der Waals surface area contributed by atoms with Gasteiger partial charge in [0.1, 0.15) is 12.4 Å². The molecule has 2 amide bonds. The lowest BCUT2D eigenvalue weighted by Gasteiger charge is -2.21. The fourth-order valence-electron chi connectivity index (χ4n) is 2.14. The van der Waals surface area contributed by atoms with Crippen molar-refractivity contribution in [1.29, 1.82) is 0 Å². The Morgan fingerprint density at radius 3 is 2.54 bits per heavy atom. The third kappa shape index (κ3) is 5.22. The Hall–Kier alpha value is -2.63. The lowest BCUT2D eigenvalue weighted by molar-refractivity contribution is 0.195. The number of hydrogen-bond donors (Lipinski definition) is 1. The molecule has 4 nitrogen and oxygen atoms in total. The Morgan fingerprint density at radius 1 is 1.12 bits per heavy atom. The number of nitrogens with one attached hydrogen (secondary N) is 1. The molecule has 1 N–H and O–H groups in total. The molecule has 6 heteroatoms. The Bertz CT molecular complexity index is 665. The highest BCUT2D eigenvalue weighted by molar-refractivity contribution is 5.74. The van der Waals surface area contributed by atoms with E-state index in [-0.39, 0.29) is 24.9 Å². The van der Waals surface area contributed by atoms with E-state index in [1.807, 2.05) is 37.3 Å². The predicted octanol–water partition coefficient (Wildman–Crippen LogP) is 3.58. The van der Waals surface area contributed by atoms with Gasteiger partial charge < -0.3 is 15.0 Å². The number of rotatable bonds is 7. The Kier molecular flexibility index (Phi) is 6.54. The van der Waals surface area contributed by atoms with Gasteiger partial charge in [0.05, 0.1) is 6.54 Å². The monoisotopic (exact) mass is 334 g/mol. The summed E-state index contributed by atoms with van der Waals surface area (Å²) in [4.78, 5) is 13.8. The van der Waals surface area contributed by atoms with Crippen molar-refractivity contribution in [2.75, 3.05) is 19.7 Å². The largest absolute Gasteiger partial charge is 0.492 e. The standard InChI is InChI=1S/C18H20F2N2O2/c1-2-22(13-14-6-4-3-5-7-14)18(23)21-10-11-24-15-8-9-16(19)17(20)12-15/h3-9,12H,2,10-11,13H2,1H3,(H,21,23). The van der Waals surface area contributed by atoms with Crippen LogP contribution in [-0.4, -0.2) is 30.6 Å². The molecule has 24 heavy (non-hydrogen) atoms. The first-order valence-electron chi connectivity index (χ1n) is 7.74. The van der Waals surface area contributed by atoms with Crippen LogP contribution in [0, 0.1) is 11.6 Å². The zero-order valence-corrected chi connectivity index (χ0v) is 13.5. The third-order valence-corrected chi connectivity index (χ3v) is 3.42. The molecule has 0 spiro atoms. The van der Waals surface area contributed by atoms with Crippen LogP contribution in [0.2, 0.25) is 0 Å². The Balaban J connectivity index is 1.76. The molecule has 0 aliphatic heterocycles. The molecule has 0 saturated heterocycles. The number of urea groups is 1. The molecule has 2 rings (SSSR count). The minimum Gasteiger partial charge on any atom is -0.492 e. The second kappa shape index (κ2) is 8.86. The van der Waals surface area contributed by atoms with Crippen molar-refractivity contribution >= 4 is 6.03 Å². The minimum atomic E-state index is -0.962. The summed E-state index contributed by atoms with van der Waals surface area (Å²) in [6, 6.07) is 12.8. The van der Waals surface area contributed by atoms with E-state index in [1.165, 1.54) is 6.07 Å². The van der Waals surface area contributed by atoms with Crippen molar-refractivity contribution in [1.82, 2.24) is 10.2 Å². The van der Waals surface area contributed by atoms with Crippen molar-refractivity contribution in [3.8, 4) is 5.75 Å². The molecule has 0 aromatic heterocycles. The number of nitrogens with zero attached hydrogens (tertiary/aromatic N) is 1. The second-order valence-electron chi connectivity index (χ2n) is 5.16. The molecule has 0 heterocycles. The zero-order valence-electron chi connectivity index (χ0n) is 13.5. The molecule has 0 fully saturated rings. The van der Waals surface area contributed by atoms with Gasteiger partial charge in [-0.05, 0) is 24.6 Å². The number of carbonyl (C=O) groups is 1. The third-order valence-electron chi connectivity index (χ3n) is 3.42. The van der Waals surface area contributed by atoms with Crippen LogP contribution in [0.4, 0.5) is 13.6 Å². The number of halogens is 2. The second-order valence-corrected chi connectivity index (χ2v) is 5.16. The Labute approximate surface area is 140 Å². The fourth-order valence-corrected chi connectivity index (χ4v) is 2.14. The molecular weight excluding hydrogens is 314 g/mol. The number of benzene rings is 2. The van der Waals surface area contributed by atoms with Gasteiger partial charge in [-0.25, -0.2) is 13.6 Å². The van der Waals surface area contributed by atoms with E-state index >= 15 is 0 Å². The SMILES string of the molecule is CCN(Cc1ccccc1)C(=O)NCCOc1ccc(F)c(F)c1. The first-order chi connectivity index (χ1) is 11.6. The summed E-state index contributed by atoms with van der Waals surface area (Å²) in [5, 5.41) is 2.74.